The highest BCUT2D eigenvalue weighted by atomic mass is 16.5. The molecule has 1 fully saturated rings. The van der Waals surface area contributed by atoms with Gasteiger partial charge in [0.05, 0.1) is 6.61 Å². The molecule has 2 heterocycles. The van der Waals surface area contributed by atoms with E-state index in [1.165, 1.54) is 12.8 Å². The standard InChI is InChI=1S/C19H27N5O3/c1-13-10-14(2)24-19(21-13)22-16(23-24)8-5-9-27-18(26)12-20-17(25)11-15-6-3-4-7-15/h10,15H,3-9,11-12H2,1-2H3,(H,20,25). The highest BCUT2D eigenvalue weighted by Gasteiger charge is 2.18. The molecule has 0 radical (unpaired) electrons. The zero-order valence-electron chi connectivity index (χ0n) is 16.0. The van der Waals surface area contributed by atoms with Crippen LogP contribution in [-0.4, -0.2) is 44.6 Å². The lowest BCUT2D eigenvalue weighted by molar-refractivity contribution is -0.144. The minimum atomic E-state index is -0.411. The number of aryl methyl sites for hydroxylation is 3. The molecule has 3 rings (SSSR count). The molecule has 0 unspecified atom stereocenters. The van der Waals surface area contributed by atoms with Crippen molar-refractivity contribution in [1.82, 2.24) is 24.9 Å². The molecule has 0 aliphatic heterocycles. The molecule has 0 atom stereocenters. The van der Waals surface area contributed by atoms with Gasteiger partial charge in [0.1, 0.15) is 6.54 Å². The van der Waals surface area contributed by atoms with E-state index in [0.29, 0.717) is 36.8 Å². The Morgan fingerprint density at radius 3 is 2.81 bits per heavy atom. The number of nitrogens with zero attached hydrogens (tertiary/aromatic N) is 4. The third-order valence-electron chi connectivity index (χ3n) is 4.85. The van der Waals surface area contributed by atoms with Gasteiger partial charge in [-0.05, 0) is 45.1 Å². The fourth-order valence-electron chi connectivity index (χ4n) is 3.50. The van der Waals surface area contributed by atoms with Crippen LogP contribution in [0.4, 0.5) is 0 Å². The molecule has 0 spiro atoms. The van der Waals surface area contributed by atoms with Crippen LogP contribution < -0.4 is 5.32 Å². The Labute approximate surface area is 158 Å². The second-order valence-corrected chi connectivity index (χ2v) is 7.23. The maximum atomic E-state index is 11.8. The Kier molecular flexibility index (Phi) is 6.36. The molecule has 0 aromatic carbocycles. The second-order valence-electron chi connectivity index (χ2n) is 7.23. The van der Waals surface area contributed by atoms with Crippen LogP contribution in [-0.2, 0) is 20.7 Å². The smallest absolute Gasteiger partial charge is 0.325 e. The first-order valence-electron chi connectivity index (χ1n) is 9.63. The number of carbonyl (C=O) groups excluding carboxylic acids is 2. The minimum Gasteiger partial charge on any atom is -0.464 e. The van der Waals surface area contributed by atoms with Crippen molar-refractivity contribution >= 4 is 17.7 Å². The summed E-state index contributed by atoms with van der Waals surface area (Å²) in [6.45, 7) is 4.09. The van der Waals surface area contributed by atoms with E-state index < -0.39 is 5.97 Å². The summed E-state index contributed by atoms with van der Waals surface area (Å²) in [5, 5.41) is 7.07. The van der Waals surface area contributed by atoms with E-state index in [1.807, 2.05) is 19.9 Å². The third kappa shape index (κ3) is 5.48. The Bertz CT molecular complexity index is 811. The number of amides is 1. The first kappa shape index (κ1) is 19.3. The molecule has 1 amide bonds. The summed E-state index contributed by atoms with van der Waals surface area (Å²) in [5.74, 6) is 1.26. The Morgan fingerprint density at radius 1 is 1.26 bits per heavy atom. The summed E-state index contributed by atoms with van der Waals surface area (Å²) in [4.78, 5) is 32.3. The average molecular weight is 373 g/mol. The van der Waals surface area contributed by atoms with Crippen molar-refractivity contribution in [3.8, 4) is 0 Å². The first-order chi connectivity index (χ1) is 13.0. The van der Waals surface area contributed by atoms with Gasteiger partial charge in [0, 0.05) is 24.2 Å². The van der Waals surface area contributed by atoms with Crippen LogP contribution in [0.1, 0.15) is 55.7 Å². The largest absolute Gasteiger partial charge is 0.464 e. The maximum Gasteiger partial charge on any atom is 0.325 e. The molecule has 1 saturated carbocycles. The fourth-order valence-corrected chi connectivity index (χ4v) is 3.50. The molecule has 1 N–H and O–H groups in total. The number of hydrogen-bond acceptors (Lipinski definition) is 6. The highest BCUT2D eigenvalue weighted by molar-refractivity contribution is 5.82. The number of rotatable bonds is 8. The van der Waals surface area contributed by atoms with Gasteiger partial charge in [0.15, 0.2) is 5.82 Å². The van der Waals surface area contributed by atoms with Crippen molar-refractivity contribution in [2.45, 2.75) is 58.8 Å². The van der Waals surface area contributed by atoms with Crippen molar-refractivity contribution < 1.29 is 14.3 Å². The summed E-state index contributed by atoms with van der Waals surface area (Å²) in [7, 11) is 0. The van der Waals surface area contributed by atoms with E-state index in [4.69, 9.17) is 4.74 Å². The van der Waals surface area contributed by atoms with Crippen LogP contribution in [0.5, 0.6) is 0 Å². The van der Waals surface area contributed by atoms with E-state index >= 15 is 0 Å². The first-order valence-corrected chi connectivity index (χ1v) is 9.63. The Morgan fingerprint density at radius 2 is 2.04 bits per heavy atom. The monoisotopic (exact) mass is 373 g/mol. The lowest BCUT2D eigenvalue weighted by Gasteiger charge is -2.09. The highest BCUT2D eigenvalue weighted by Crippen LogP contribution is 2.27. The minimum absolute atomic E-state index is 0.0640. The normalized spacial score (nSPS) is 14.6. The topological polar surface area (TPSA) is 98.5 Å². The third-order valence-corrected chi connectivity index (χ3v) is 4.85. The van der Waals surface area contributed by atoms with Crippen LogP contribution in [0.3, 0.4) is 0 Å². The van der Waals surface area contributed by atoms with Gasteiger partial charge >= 0.3 is 5.97 Å². The maximum absolute atomic E-state index is 11.8. The Hall–Kier alpha value is -2.51. The van der Waals surface area contributed by atoms with Crippen molar-refractivity contribution in [1.29, 1.82) is 0 Å². The molecule has 2 aromatic rings. The van der Waals surface area contributed by atoms with Gasteiger partial charge < -0.3 is 10.1 Å². The predicted octanol–water partition coefficient (Wildman–Crippen LogP) is 1.91. The van der Waals surface area contributed by atoms with Gasteiger partial charge in [0.2, 0.25) is 5.91 Å². The van der Waals surface area contributed by atoms with Crippen molar-refractivity contribution in [3.05, 3.63) is 23.3 Å². The average Bonchev–Trinajstić information content (AvgIpc) is 3.26. The van der Waals surface area contributed by atoms with Gasteiger partial charge in [-0.25, -0.2) is 9.50 Å². The van der Waals surface area contributed by atoms with Gasteiger partial charge in [-0.2, -0.15) is 4.98 Å². The predicted molar refractivity (Wildman–Crippen MR) is 99.1 cm³/mol. The van der Waals surface area contributed by atoms with Crippen LogP contribution in [0.15, 0.2) is 6.07 Å². The van der Waals surface area contributed by atoms with Crippen LogP contribution in [0.25, 0.3) is 5.78 Å². The van der Waals surface area contributed by atoms with E-state index in [9.17, 15) is 9.59 Å². The zero-order valence-corrected chi connectivity index (χ0v) is 16.0. The number of esters is 1. The molecule has 0 bridgehead atoms. The lowest BCUT2D eigenvalue weighted by Crippen LogP contribution is -2.31. The molecule has 146 valence electrons. The van der Waals surface area contributed by atoms with E-state index in [1.54, 1.807) is 4.52 Å². The van der Waals surface area contributed by atoms with E-state index in [-0.39, 0.29) is 19.1 Å². The molecule has 1 aliphatic carbocycles. The molecule has 1 aliphatic rings. The quantitative estimate of drug-likeness (QED) is 0.561. The van der Waals surface area contributed by atoms with Gasteiger partial charge in [0.25, 0.3) is 5.78 Å². The fraction of sp³-hybridized carbons (Fsp3) is 0.632. The number of hydrogen-bond donors (Lipinski definition) is 1. The molecule has 8 heteroatoms. The van der Waals surface area contributed by atoms with E-state index in [2.05, 4.69) is 20.4 Å². The molecule has 27 heavy (non-hydrogen) atoms. The van der Waals surface area contributed by atoms with Crippen LogP contribution in [0, 0.1) is 19.8 Å². The van der Waals surface area contributed by atoms with Crippen LogP contribution >= 0.6 is 0 Å². The Balaban J connectivity index is 1.34. The summed E-state index contributed by atoms with van der Waals surface area (Å²) >= 11 is 0. The number of nitrogens with one attached hydrogen (secondary N) is 1. The van der Waals surface area contributed by atoms with Crippen molar-refractivity contribution in [3.63, 3.8) is 0 Å². The molecule has 2 aromatic heterocycles. The second kappa shape index (κ2) is 8.92. The van der Waals surface area contributed by atoms with Gasteiger partial charge in [-0.3, -0.25) is 9.59 Å². The number of carbonyl (C=O) groups is 2. The van der Waals surface area contributed by atoms with Gasteiger partial charge in [-0.1, -0.05) is 12.8 Å². The summed E-state index contributed by atoms with van der Waals surface area (Å²) in [6.07, 6.45) is 6.37. The molecule has 0 saturated heterocycles. The number of fused-ring (bicyclic) bond motifs is 1. The summed E-state index contributed by atoms with van der Waals surface area (Å²) in [5.41, 5.74) is 1.89. The van der Waals surface area contributed by atoms with Crippen LogP contribution in [0.2, 0.25) is 0 Å². The SMILES string of the molecule is Cc1cc(C)n2nc(CCCOC(=O)CNC(=O)CC3CCCC3)nc2n1. The molecular weight excluding hydrogens is 346 g/mol. The van der Waals surface area contributed by atoms with Crippen molar-refractivity contribution in [2.24, 2.45) is 5.92 Å². The molecule has 8 nitrogen and oxygen atoms in total. The zero-order chi connectivity index (χ0) is 19.2. The summed E-state index contributed by atoms with van der Waals surface area (Å²) < 4.78 is 6.89. The van der Waals surface area contributed by atoms with E-state index in [0.717, 1.165) is 24.2 Å². The number of aromatic nitrogens is 4. The summed E-state index contributed by atoms with van der Waals surface area (Å²) in [6, 6.07) is 1.95. The molecular formula is C19H27N5O3. The lowest BCUT2D eigenvalue weighted by atomic mass is 10.0. The number of ether oxygens (including phenoxy) is 1. The van der Waals surface area contributed by atoms with Crippen molar-refractivity contribution in [2.75, 3.05) is 13.2 Å². The van der Waals surface area contributed by atoms with Gasteiger partial charge in [-0.15, -0.1) is 5.10 Å².